The molecule has 0 aromatic heterocycles. The second kappa shape index (κ2) is 14.8. The monoisotopic (exact) mass is 896 g/mol. The van der Waals surface area contributed by atoms with Crippen LogP contribution in [0.4, 0.5) is 79.0 Å². The van der Waals surface area contributed by atoms with Crippen LogP contribution in [0.3, 0.4) is 0 Å². The highest BCUT2D eigenvalue weighted by Gasteiger charge is 3.02. The van der Waals surface area contributed by atoms with Gasteiger partial charge < -0.3 is 18.9 Å². The summed E-state index contributed by atoms with van der Waals surface area (Å²) in [6.07, 6.45) is -22.8. The Labute approximate surface area is 327 Å². The van der Waals surface area contributed by atoms with E-state index in [1.54, 1.807) is 0 Å². The van der Waals surface area contributed by atoms with E-state index in [0.717, 1.165) is 0 Å². The number of methoxy groups -OCH3 is 1. The highest BCUT2D eigenvalue weighted by Crippen LogP contribution is 2.72. The predicted octanol–water partition coefficient (Wildman–Crippen LogP) is 12.3. The maximum atomic E-state index is 16.1. The molecule has 6 saturated carbocycles. The van der Waals surface area contributed by atoms with Crippen molar-refractivity contribution < 1.29 is 98.0 Å². The van der Waals surface area contributed by atoms with Crippen LogP contribution in [-0.4, -0.2) is 90.8 Å². The van der Waals surface area contributed by atoms with Gasteiger partial charge in [0.25, 0.3) is 0 Å². The maximum absolute atomic E-state index is 16.1. The third-order valence-electron chi connectivity index (χ3n) is 14.6. The molecule has 22 heteroatoms. The standard InChI is InChI=1S/C37H46F18O4/c1-27(38)29(39,40)30(41,42)33(27,47)57-24-11-3-19(4-12-24)20-5-13-25(14-6-20)58-34(48)31(43,44)32(45,46)35(34,49)59-26-17-9-22(10-18-26)28(36(50,51)52,37(53,54)55)21-7-15-23(56-2)16-8-21/h19-26H,3-18H2,1-2H3. The minimum absolute atomic E-state index is 0.0374. The van der Waals surface area contributed by atoms with Crippen molar-refractivity contribution in [2.24, 2.45) is 29.1 Å². The Bertz CT molecular complexity index is 1460. The van der Waals surface area contributed by atoms with E-state index in [1.807, 2.05) is 0 Å². The van der Waals surface area contributed by atoms with Crippen LogP contribution >= 0.6 is 0 Å². The molecular formula is C37H46F18O4. The summed E-state index contributed by atoms with van der Waals surface area (Å²) in [7, 11) is 1.26. The molecule has 344 valence electrons. The number of halogens is 18. The van der Waals surface area contributed by atoms with Gasteiger partial charge in [0.05, 0.1) is 24.4 Å². The third-order valence-corrected chi connectivity index (χ3v) is 14.6. The highest BCUT2D eigenvalue weighted by atomic mass is 19.4. The van der Waals surface area contributed by atoms with Gasteiger partial charge >= 0.3 is 53.6 Å². The summed E-state index contributed by atoms with van der Waals surface area (Å²) in [5, 5.41) is 0. The highest BCUT2D eigenvalue weighted by molar-refractivity contribution is 5.27. The van der Waals surface area contributed by atoms with Crippen LogP contribution in [0.5, 0.6) is 0 Å². The Morgan fingerprint density at radius 2 is 0.644 bits per heavy atom. The lowest BCUT2D eigenvalue weighted by molar-refractivity contribution is -0.565. The Morgan fingerprint density at radius 1 is 0.373 bits per heavy atom. The molecule has 0 saturated heterocycles. The fourth-order valence-electron chi connectivity index (χ4n) is 11.0. The van der Waals surface area contributed by atoms with E-state index in [-0.39, 0.29) is 83.0 Å². The van der Waals surface area contributed by atoms with Crippen molar-refractivity contribution in [2.75, 3.05) is 7.11 Å². The average molecular weight is 897 g/mol. The van der Waals surface area contributed by atoms with Crippen molar-refractivity contribution in [1.29, 1.82) is 0 Å². The summed E-state index contributed by atoms with van der Waals surface area (Å²) in [5.74, 6) is -42.1. The normalized spacial score (nSPS) is 44.9. The van der Waals surface area contributed by atoms with Gasteiger partial charge in [-0.3, -0.25) is 0 Å². The first-order valence-corrected chi connectivity index (χ1v) is 19.8. The van der Waals surface area contributed by atoms with E-state index in [9.17, 15) is 70.2 Å². The number of rotatable bonds is 10. The molecule has 0 aromatic rings. The molecule has 0 spiro atoms. The van der Waals surface area contributed by atoms with Crippen LogP contribution in [0.2, 0.25) is 0 Å². The van der Waals surface area contributed by atoms with Gasteiger partial charge in [-0.25, -0.2) is 8.78 Å². The van der Waals surface area contributed by atoms with Gasteiger partial charge in [0, 0.05) is 7.11 Å². The summed E-state index contributed by atoms with van der Waals surface area (Å²) in [6, 6.07) is 0. The van der Waals surface area contributed by atoms with Crippen LogP contribution in [0.1, 0.15) is 110 Å². The molecule has 0 radical (unpaired) electrons. The van der Waals surface area contributed by atoms with E-state index < -0.39 is 139 Å². The molecule has 0 aliphatic heterocycles. The first kappa shape index (κ1) is 47.1. The molecular weight excluding hydrogens is 850 g/mol. The smallest absolute Gasteiger partial charge is 0.381 e. The van der Waals surface area contributed by atoms with Gasteiger partial charge in [0.1, 0.15) is 0 Å². The summed E-state index contributed by atoms with van der Waals surface area (Å²) in [6.45, 7) is -0.0374. The zero-order valence-corrected chi connectivity index (χ0v) is 31.9. The first-order valence-electron chi connectivity index (χ1n) is 19.8. The average Bonchev–Trinajstić information content (AvgIpc) is 3.14. The van der Waals surface area contributed by atoms with E-state index in [2.05, 4.69) is 9.47 Å². The Morgan fingerprint density at radius 3 is 0.932 bits per heavy atom. The van der Waals surface area contributed by atoms with Crippen LogP contribution in [-0.2, 0) is 18.9 Å². The van der Waals surface area contributed by atoms with Crippen molar-refractivity contribution in [3.05, 3.63) is 0 Å². The van der Waals surface area contributed by atoms with Crippen molar-refractivity contribution >= 4 is 0 Å². The zero-order valence-electron chi connectivity index (χ0n) is 31.9. The second-order valence-corrected chi connectivity index (χ2v) is 17.6. The van der Waals surface area contributed by atoms with Crippen molar-refractivity contribution in [2.45, 2.75) is 193 Å². The number of hydrogen-bond donors (Lipinski definition) is 0. The largest absolute Gasteiger partial charge is 0.403 e. The van der Waals surface area contributed by atoms with Gasteiger partial charge in [0.15, 0.2) is 5.41 Å². The molecule has 59 heavy (non-hydrogen) atoms. The summed E-state index contributed by atoms with van der Waals surface area (Å²) in [5.41, 5.74) is -8.56. The molecule has 6 fully saturated rings. The molecule has 4 nitrogen and oxygen atoms in total. The van der Waals surface area contributed by atoms with Crippen LogP contribution in [0.25, 0.3) is 0 Å². The topological polar surface area (TPSA) is 36.9 Å². The summed E-state index contributed by atoms with van der Waals surface area (Å²) < 4.78 is 283. The lowest BCUT2D eigenvalue weighted by Crippen LogP contribution is -2.88. The van der Waals surface area contributed by atoms with Gasteiger partial charge in [-0.1, -0.05) is 0 Å². The van der Waals surface area contributed by atoms with E-state index in [0.29, 0.717) is 0 Å². The number of hydrogen-bond acceptors (Lipinski definition) is 4. The Balaban J connectivity index is 1.06. The summed E-state index contributed by atoms with van der Waals surface area (Å²) >= 11 is 0. The Kier molecular flexibility index (Phi) is 11.8. The first-order chi connectivity index (χ1) is 26.8. The molecule has 6 aliphatic carbocycles. The maximum Gasteiger partial charge on any atom is 0.403 e. The van der Waals surface area contributed by atoms with Crippen molar-refractivity contribution in [3.8, 4) is 0 Å². The predicted molar refractivity (Wildman–Crippen MR) is 169 cm³/mol. The van der Waals surface area contributed by atoms with Gasteiger partial charge in [-0.2, -0.15) is 70.2 Å². The van der Waals surface area contributed by atoms with Gasteiger partial charge in [-0.05, 0) is 133 Å². The van der Waals surface area contributed by atoms with E-state index in [1.165, 1.54) is 7.11 Å². The quantitative estimate of drug-likeness (QED) is 0.205. The minimum Gasteiger partial charge on any atom is -0.381 e. The fraction of sp³-hybridized carbons (Fsp3) is 1.00. The molecule has 0 N–H and O–H groups in total. The molecule has 0 heterocycles. The van der Waals surface area contributed by atoms with E-state index in [4.69, 9.17) is 9.47 Å². The van der Waals surface area contributed by atoms with Gasteiger partial charge in [0.2, 0.25) is 5.67 Å². The molecule has 0 aromatic carbocycles. The summed E-state index contributed by atoms with van der Waals surface area (Å²) in [4.78, 5) is 0. The SMILES string of the molecule is COC1CCC(C(C2CCC(OC3(F)C(F)(F)C(F)(F)C3(F)OC3CCC(C4CCC(OC5(F)C(C)(F)C(F)(F)C5(F)F)CC4)CC3)CC2)(C(F)(F)F)C(F)(F)F)CC1. The molecule has 0 bridgehead atoms. The van der Waals surface area contributed by atoms with Crippen LogP contribution < -0.4 is 0 Å². The van der Waals surface area contributed by atoms with E-state index >= 15 is 8.78 Å². The van der Waals surface area contributed by atoms with Crippen LogP contribution in [0, 0.1) is 29.1 Å². The second-order valence-electron chi connectivity index (χ2n) is 17.6. The van der Waals surface area contributed by atoms with Crippen molar-refractivity contribution in [3.63, 3.8) is 0 Å². The molecule has 6 rings (SSSR count). The lowest BCUT2D eigenvalue weighted by Gasteiger charge is -2.58. The molecule has 0 amide bonds. The number of ether oxygens (including phenoxy) is 4. The molecule has 4 atom stereocenters. The van der Waals surface area contributed by atoms with Gasteiger partial charge in [-0.15, -0.1) is 0 Å². The minimum atomic E-state index is -5.87. The number of alkyl halides is 18. The zero-order chi connectivity index (χ0) is 44.3. The third kappa shape index (κ3) is 6.46. The lowest BCUT2D eigenvalue weighted by atomic mass is 9.57. The van der Waals surface area contributed by atoms with Crippen LogP contribution in [0.15, 0.2) is 0 Å². The molecule has 4 unspecified atom stereocenters. The fourth-order valence-corrected chi connectivity index (χ4v) is 11.0. The van der Waals surface area contributed by atoms with Crippen molar-refractivity contribution in [1.82, 2.24) is 0 Å². The Hall–Kier alpha value is -1.42. The molecule has 6 aliphatic rings.